The number of rotatable bonds is 7. The number of pyridine rings is 1. The molecular formula is C21H24FNO5. The number of carboxylic acid groups (broad SMARTS) is 1. The van der Waals surface area contributed by atoms with E-state index in [4.69, 9.17) is 9.47 Å². The number of benzene rings is 1. The fourth-order valence-corrected chi connectivity index (χ4v) is 3.58. The summed E-state index contributed by atoms with van der Waals surface area (Å²) in [7, 11) is 1.60. The van der Waals surface area contributed by atoms with Crippen LogP contribution in [0.3, 0.4) is 0 Å². The number of fused-ring (bicyclic) bond motifs is 3. The Hall–Kier alpha value is -2.67. The summed E-state index contributed by atoms with van der Waals surface area (Å²) in [5.41, 5.74) is 1.13. The van der Waals surface area contributed by atoms with Crippen molar-refractivity contribution in [1.29, 1.82) is 0 Å². The monoisotopic (exact) mass is 389 g/mol. The van der Waals surface area contributed by atoms with Gasteiger partial charge in [-0.25, -0.2) is 9.18 Å². The van der Waals surface area contributed by atoms with Crippen LogP contribution in [0.5, 0.6) is 5.75 Å². The van der Waals surface area contributed by atoms with Gasteiger partial charge in [-0.1, -0.05) is 13.8 Å². The summed E-state index contributed by atoms with van der Waals surface area (Å²) in [5.74, 6) is -1.41. The average Bonchev–Trinajstić information content (AvgIpc) is 2.64. The third kappa shape index (κ3) is 3.80. The van der Waals surface area contributed by atoms with Crippen molar-refractivity contribution in [3.8, 4) is 17.0 Å². The maximum Gasteiger partial charge on any atom is 0.341 e. The van der Waals surface area contributed by atoms with E-state index in [1.807, 2.05) is 13.8 Å². The first kappa shape index (κ1) is 20.1. The van der Waals surface area contributed by atoms with Gasteiger partial charge in [-0.3, -0.25) is 4.79 Å². The summed E-state index contributed by atoms with van der Waals surface area (Å²) in [6.45, 7) is 4.94. The molecule has 3 rings (SSSR count). The van der Waals surface area contributed by atoms with Gasteiger partial charge in [0, 0.05) is 44.0 Å². The number of aromatic carboxylic acids is 1. The van der Waals surface area contributed by atoms with Gasteiger partial charge in [0.15, 0.2) is 17.0 Å². The Balaban J connectivity index is 2.07. The first-order chi connectivity index (χ1) is 13.3. The molecule has 1 N–H and O–H groups in total. The lowest BCUT2D eigenvalue weighted by Crippen LogP contribution is -2.28. The fraction of sp³-hybridized carbons (Fsp3) is 0.429. The number of halogens is 1. The highest BCUT2D eigenvalue weighted by Gasteiger charge is 2.29. The zero-order valence-electron chi connectivity index (χ0n) is 16.2. The van der Waals surface area contributed by atoms with Gasteiger partial charge in [0.05, 0.1) is 12.3 Å². The molecule has 2 heterocycles. The highest BCUT2D eigenvalue weighted by atomic mass is 19.1. The number of ether oxygens (including phenoxy) is 2. The van der Waals surface area contributed by atoms with Crippen LogP contribution >= 0.6 is 0 Å². The summed E-state index contributed by atoms with van der Waals surface area (Å²) in [5, 5.41) is 9.29. The lowest BCUT2D eigenvalue weighted by atomic mass is 9.87. The number of aromatic nitrogens is 1. The van der Waals surface area contributed by atoms with Gasteiger partial charge in [0.2, 0.25) is 0 Å². The van der Waals surface area contributed by atoms with Crippen LogP contribution < -0.4 is 10.2 Å². The van der Waals surface area contributed by atoms with Crippen LogP contribution in [0.25, 0.3) is 11.3 Å². The van der Waals surface area contributed by atoms with Crippen molar-refractivity contribution in [2.45, 2.75) is 32.7 Å². The first-order valence-electron chi connectivity index (χ1n) is 9.27. The number of hydrogen-bond acceptors (Lipinski definition) is 4. The molecule has 0 radical (unpaired) electrons. The Labute approximate surface area is 162 Å². The molecule has 28 heavy (non-hydrogen) atoms. The van der Waals surface area contributed by atoms with Gasteiger partial charge in [-0.05, 0) is 30.0 Å². The molecule has 1 aliphatic heterocycles. The molecule has 0 aliphatic carbocycles. The topological polar surface area (TPSA) is 77.8 Å². The Morgan fingerprint density at radius 1 is 1.32 bits per heavy atom. The Morgan fingerprint density at radius 3 is 2.71 bits per heavy atom. The number of methoxy groups -OCH3 is 1. The normalized spacial score (nSPS) is 15.2. The standard InChI is InChI=1S/C21H24FNO5/c1-12(2)17-7-13-8-20(28-6-4-5-27-3)16(22)9-14(13)18-10-19(24)15(21(25)26)11-23(17)18/h8-12,17H,4-7H2,1-3H3,(H,25,26). The van der Waals surface area contributed by atoms with E-state index in [1.165, 1.54) is 18.3 Å². The molecule has 1 aromatic carbocycles. The zero-order chi connectivity index (χ0) is 20.4. The molecule has 0 amide bonds. The number of nitrogens with zero attached hydrogens (tertiary/aromatic N) is 1. The molecule has 1 aliphatic rings. The second-order valence-electron chi connectivity index (χ2n) is 7.30. The molecule has 0 saturated carbocycles. The summed E-state index contributed by atoms with van der Waals surface area (Å²) in [6, 6.07) is 4.29. The van der Waals surface area contributed by atoms with Crippen molar-refractivity contribution < 1.29 is 23.8 Å². The van der Waals surface area contributed by atoms with Crippen molar-refractivity contribution in [3.63, 3.8) is 0 Å². The van der Waals surface area contributed by atoms with Crippen LogP contribution in [0, 0.1) is 11.7 Å². The number of hydrogen-bond donors (Lipinski definition) is 1. The fourth-order valence-electron chi connectivity index (χ4n) is 3.58. The Kier molecular flexibility index (Phi) is 5.84. The molecule has 1 unspecified atom stereocenters. The predicted molar refractivity (Wildman–Crippen MR) is 103 cm³/mol. The molecule has 2 aromatic rings. The number of carboxylic acids is 1. The first-order valence-corrected chi connectivity index (χ1v) is 9.27. The van der Waals surface area contributed by atoms with Crippen molar-refractivity contribution >= 4 is 5.97 Å². The van der Waals surface area contributed by atoms with Gasteiger partial charge in [0.25, 0.3) is 0 Å². The highest BCUT2D eigenvalue weighted by Crippen LogP contribution is 2.39. The van der Waals surface area contributed by atoms with E-state index in [2.05, 4.69) is 0 Å². The molecule has 6 nitrogen and oxygen atoms in total. The Bertz CT molecular complexity index is 951. The molecule has 0 bridgehead atoms. The molecule has 1 aromatic heterocycles. The third-order valence-corrected chi connectivity index (χ3v) is 5.05. The smallest absolute Gasteiger partial charge is 0.341 e. The minimum atomic E-state index is -1.26. The van der Waals surface area contributed by atoms with E-state index in [-0.39, 0.29) is 23.3 Å². The summed E-state index contributed by atoms with van der Waals surface area (Å²) in [4.78, 5) is 23.6. The third-order valence-electron chi connectivity index (χ3n) is 5.05. The SMILES string of the molecule is COCCCOc1cc2c(cc1F)-c1cc(=O)c(C(=O)O)cn1C(C(C)C)C2. The van der Waals surface area contributed by atoms with Gasteiger partial charge in [-0.2, -0.15) is 0 Å². The van der Waals surface area contributed by atoms with Gasteiger partial charge >= 0.3 is 5.97 Å². The van der Waals surface area contributed by atoms with Crippen molar-refractivity contribution in [1.82, 2.24) is 4.57 Å². The highest BCUT2D eigenvalue weighted by molar-refractivity contribution is 5.87. The maximum absolute atomic E-state index is 14.6. The second kappa shape index (κ2) is 8.14. The molecule has 150 valence electrons. The summed E-state index contributed by atoms with van der Waals surface area (Å²) >= 11 is 0. The van der Waals surface area contributed by atoms with Crippen LogP contribution in [0.2, 0.25) is 0 Å². The van der Waals surface area contributed by atoms with Crippen LogP contribution in [0.15, 0.2) is 29.2 Å². The van der Waals surface area contributed by atoms with E-state index in [9.17, 15) is 19.1 Å². The van der Waals surface area contributed by atoms with Crippen LogP contribution in [0.1, 0.15) is 42.2 Å². The van der Waals surface area contributed by atoms with Crippen LogP contribution in [0.4, 0.5) is 4.39 Å². The second-order valence-corrected chi connectivity index (χ2v) is 7.30. The van der Waals surface area contributed by atoms with E-state index >= 15 is 0 Å². The van der Waals surface area contributed by atoms with Crippen LogP contribution in [-0.2, 0) is 11.2 Å². The largest absolute Gasteiger partial charge is 0.490 e. The molecular weight excluding hydrogens is 365 g/mol. The van der Waals surface area contributed by atoms with Crippen molar-refractivity contribution in [2.75, 3.05) is 20.3 Å². The van der Waals surface area contributed by atoms with E-state index in [0.717, 1.165) is 5.56 Å². The molecule has 0 saturated heterocycles. The quantitative estimate of drug-likeness (QED) is 0.733. The molecule has 0 fully saturated rings. The summed E-state index contributed by atoms with van der Waals surface area (Å²) in [6.07, 6.45) is 2.62. The Morgan fingerprint density at radius 2 is 2.07 bits per heavy atom. The predicted octanol–water partition coefficient (Wildman–Crippen LogP) is 3.52. The maximum atomic E-state index is 14.6. The lowest BCUT2D eigenvalue weighted by Gasteiger charge is -2.33. The minimum Gasteiger partial charge on any atom is -0.490 e. The van der Waals surface area contributed by atoms with Crippen molar-refractivity contribution in [3.05, 3.63) is 51.6 Å². The summed E-state index contributed by atoms with van der Waals surface area (Å²) < 4.78 is 26.9. The molecule has 1 atom stereocenters. The van der Waals surface area contributed by atoms with Crippen LogP contribution in [-0.4, -0.2) is 36.0 Å². The average molecular weight is 389 g/mol. The van der Waals surface area contributed by atoms with E-state index in [1.54, 1.807) is 17.7 Å². The minimum absolute atomic E-state index is 0.0481. The molecule has 7 heteroatoms. The van der Waals surface area contributed by atoms with Gasteiger partial charge in [0.1, 0.15) is 5.56 Å². The van der Waals surface area contributed by atoms with Crippen molar-refractivity contribution in [2.24, 2.45) is 5.92 Å². The number of carbonyl (C=O) groups is 1. The lowest BCUT2D eigenvalue weighted by molar-refractivity contribution is 0.0694. The molecule has 0 spiro atoms. The van der Waals surface area contributed by atoms with Gasteiger partial charge in [-0.15, -0.1) is 0 Å². The van der Waals surface area contributed by atoms with E-state index in [0.29, 0.717) is 37.3 Å². The zero-order valence-corrected chi connectivity index (χ0v) is 16.2. The van der Waals surface area contributed by atoms with Gasteiger partial charge < -0.3 is 19.1 Å². The van der Waals surface area contributed by atoms with E-state index < -0.39 is 17.2 Å².